The molecule has 0 fully saturated rings. The van der Waals surface area contributed by atoms with E-state index in [1.54, 1.807) is 41.8 Å². The highest BCUT2D eigenvalue weighted by Gasteiger charge is 2.33. The van der Waals surface area contributed by atoms with Gasteiger partial charge in [0.25, 0.3) is 5.91 Å². The predicted octanol–water partition coefficient (Wildman–Crippen LogP) is 7.91. The molecule has 1 aliphatic rings. The smallest absolute Gasteiger partial charge is 0.259 e. The first kappa shape index (κ1) is 22.3. The van der Waals surface area contributed by atoms with Crippen molar-refractivity contribution in [2.45, 2.75) is 40.0 Å². The molecule has 0 bridgehead atoms. The third kappa shape index (κ3) is 5.13. The fourth-order valence-corrected chi connectivity index (χ4v) is 5.60. The Bertz CT molecular complexity index is 1130. The second-order valence-electron chi connectivity index (χ2n) is 8.85. The van der Waals surface area contributed by atoms with Crippen LogP contribution >= 0.6 is 38.9 Å². The van der Waals surface area contributed by atoms with E-state index < -0.39 is 0 Å². The van der Waals surface area contributed by atoms with Gasteiger partial charge in [-0.05, 0) is 88.5 Å². The summed E-state index contributed by atoms with van der Waals surface area (Å²) in [6, 6.07) is 10.8. The van der Waals surface area contributed by atoms with Gasteiger partial charge in [0.15, 0.2) is 4.67 Å². The van der Waals surface area contributed by atoms with Gasteiger partial charge >= 0.3 is 0 Å². The lowest BCUT2D eigenvalue weighted by Crippen LogP contribution is -2.27. The first-order chi connectivity index (χ1) is 14.7. The maximum atomic E-state index is 13.3. The van der Waals surface area contributed by atoms with Crippen molar-refractivity contribution in [3.8, 4) is 0 Å². The van der Waals surface area contributed by atoms with Crippen LogP contribution in [0, 0.1) is 11.3 Å². The number of fused-ring (bicyclic) bond motifs is 1. The molecule has 162 valence electrons. The molecule has 1 aromatic carbocycles. The van der Waals surface area contributed by atoms with Crippen LogP contribution in [0.1, 0.15) is 53.8 Å². The number of amides is 1. The fourth-order valence-electron chi connectivity index (χ4n) is 3.88. The molecule has 0 aliphatic heterocycles. The fraction of sp³-hybridized carbons (Fsp3) is 0.333. The van der Waals surface area contributed by atoms with E-state index in [1.165, 1.54) is 4.88 Å². The molecule has 1 amide bonds. The number of carbonyl (C=O) groups is 1. The van der Waals surface area contributed by atoms with Crippen LogP contribution in [0.15, 0.2) is 50.5 Å². The van der Waals surface area contributed by atoms with E-state index in [0.717, 1.165) is 29.8 Å². The van der Waals surface area contributed by atoms with Crippen molar-refractivity contribution in [1.82, 2.24) is 0 Å². The lowest BCUT2D eigenvalue weighted by molar-refractivity contribution is 0.102. The molecular weight excluding hydrogens is 496 g/mol. The van der Waals surface area contributed by atoms with Crippen LogP contribution < -0.4 is 5.32 Å². The van der Waals surface area contributed by atoms with Crippen molar-refractivity contribution >= 4 is 61.7 Å². The molecule has 1 aliphatic carbocycles. The molecule has 4 nitrogen and oxygen atoms in total. The van der Waals surface area contributed by atoms with E-state index in [1.807, 2.05) is 12.1 Å². The average molecular weight is 520 g/mol. The predicted molar refractivity (Wildman–Crippen MR) is 132 cm³/mol. The summed E-state index contributed by atoms with van der Waals surface area (Å²) in [7, 11) is 0. The number of hydrogen-bond donors (Lipinski definition) is 1. The molecule has 0 unspecified atom stereocenters. The Labute approximate surface area is 199 Å². The second kappa shape index (κ2) is 8.93. The first-order valence-corrected chi connectivity index (χ1v) is 12.2. The highest BCUT2D eigenvalue weighted by atomic mass is 79.9. The van der Waals surface area contributed by atoms with Crippen LogP contribution in [0.3, 0.4) is 0 Å². The van der Waals surface area contributed by atoms with Crippen LogP contribution in [0.4, 0.5) is 10.7 Å². The second-order valence-corrected chi connectivity index (χ2v) is 11.2. The Morgan fingerprint density at radius 3 is 2.65 bits per heavy atom. The molecule has 0 radical (unpaired) electrons. The standard InChI is InChI=1S/C24H24BrClN2O2S/c1-24(2,3)14-4-10-18-19(12-14)31-23(27-13-17-9-11-20(25)30-17)21(18)22(29)28-16-7-5-15(26)6-8-16/h5-9,11,13-14H,4,10,12H2,1-3H3,(H,28,29)/t14-/m0/s1. The van der Waals surface area contributed by atoms with E-state index in [4.69, 9.17) is 16.0 Å². The summed E-state index contributed by atoms with van der Waals surface area (Å²) in [6.07, 6.45) is 4.61. The Balaban J connectivity index is 1.69. The summed E-state index contributed by atoms with van der Waals surface area (Å²) in [5.41, 5.74) is 2.74. The minimum absolute atomic E-state index is 0.137. The van der Waals surface area contributed by atoms with Crippen LogP contribution in [-0.4, -0.2) is 12.1 Å². The zero-order valence-corrected chi connectivity index (χ0v) is 20.8. The number of thiophene rings is 1. The van der Waals surface area contributed by atoms with Gasteiger partial charge in [-0.15, -0.1) is 11.3 Å². The zero-order valence-electron chi connectivity index (χ0n) is 17.7. The third-order valence-electron chi connectivity index (χ3n) is 5.70. The molecule has 3 aromatic rings. The average Bonchev–Trinajstić information content (AvgIpc) is 3.29. The summed E-state index contributed by atoms with van der Waals surface area (Å²) in [5, 5.41) is 4.36. The molecule has 0 spiro atoms. The molecule has 4 rings (SSSR count). The van der Waals surface area contributed by atoms with Crippen molar-refractivity contribution in [2.75, 3.05) is 5.32 Å². The number of halogens is 2. The maximum absolute atomic E-state index is 13.3. The number of carbonyl (C=O) groups excluding carboxylic acids is 1. The van der Waals surface area contributed by atoms with Crippen molar-refractivity contribution < 1.29 is 9.21 Å². The number of hydrogen-bond acceptors (Lipinski definition) is 4. The van der Waals surface area contributed by atoms with E-state index in [0.29, 0.717) is 32.6 Å². The molecule has 2 heterocycles. The molecular formula is C24H24BrClN2O2S. The summed E-state index contributed by atoms with van der Waals surface area (Å²) >= 11 is 10.9. The normalized spacial score (nSPS) is 16.5. The van der Waals surface area contributed by atoms with Gasteiger partial charge in [-0.2, -0.15) is 0 Å². The highest BCUT2D eigenvalue weighted by Crippen LogP contribution is 2.45. The number of nitrogens with one attached hydrogen (secondary N) is 1. The number of nitrogens with zero attached hydrogens (tertiary/aromatic N) is 1. The van der Waals surface area contributed by atoms with Gasteiger partial charge in [-0.3, -0.25) is 4.79 Å². The lowest BCUT2D eigenvalue weighted by Gasteiger charge is -2.33. The van der Waals surface area contributed by atoms with Gasteiger partial charge in [0.05, 0.1) is 11.8 Å². The topological polar surface area (TPSA) is 54.6 Å². The van der Waals surface area contributed by atoms with E-state index in [-0.39, 0.29) is 11.3 Å². The van der Waals surface area contributed by atoms with Crippen LogP contribution in [-0.2, 0) is 12.8 Å². The third-order valence-corrected chi connectivity index (χ3v) is 7.54. The van der Waals surface area contributed by atoms with Gasteiger partial charge in [0.2, 0.25) is 0 Å². The van der Waals surface area contributed by atoms with Gasteiger partial charge in [0.1, 0.15) is 10.8 Å². The summed E-state index contributed by atoms with van der Waals surface area (Å²) in [6.45, 7) is 6.87. The maximum Gasteiger partial charge on any atom is 0.259 e. The molecule has 1 N–H and O–H groups in total. The largest absolute Gasteiger partial charge is 0.448 e. The number of aliphatic imine (C=N–C) groups is 1. The highest BCUT2D eigenvalue weighted by molar-refractivity contribution is 9.10. The van der Waals surface area contributed by atoms with E-state index in [9.17, 15) is 4.79 Å². The Kier molecular flexibility index (Phi) is 6.42. The number of furan rings is 1. The molecule has 0 saturated carbocycles. The molecule has 0 saturated heterocycles. The monoisotopic (exact) mass is 518 g/mol. The molecule has 7 heteroatoms. The van der Waals surface area contributed by atoms with Crippen LogP contribution in [0.2, 0.25) is 5.02 Å². The number of benzene rings is 1. The summed E-state index contributed by atoms with van der Waals surface area (Å²) < 4.78 is 6.18. The Morgan fingerprint density at radius 2 is 2.00 bits per heavy atom. The first-order valence-electron chi connectivity index (χ1n) is 10.2. The molecule has 31 heavy (non-hydrogen) atoms. The minimum atomic E-state index is -0.137. The van der Waals surface area contributed by atoms with Crippen molar-refractivity contribution in [2.24, 2.45) is 16.3 Å². The molecule has 2 aromatic heterocycles. The Hall–Kier alpha value is -1.89. The van der Waals surface area contributed by atoms with Gasteiger partial charge < -0.3 is 9.73 Å². The SMILES string of the molecule is CC(C)(C)[C@H]1CCc2c(sc(N=Cc3ccc(Br)o3)c2C(=O)Nc2ccc(Cl)cc2)C1. The van der Waals surface area contributed by atoms with E-state index in [2.05, 4.69) is 47.0 Å². The van der Waals surface area contributed by atoms with Gasteiger partial charge in [-0.25, -0.2) is 4.99 Å². The zero-order chi connectivity index (χ0) is 22.2. The number of anilines is 1. The van der Waals surface area contributed by atoms with Crippen molar-refractivity contribution in [3.05, 3.63) is 67.9 Å². The quantitative estimate of drug-likeness (QED) is 0.356. The van der Waals surface area contributed by atoms with Crippen LogP contribution in [0.5, 0.6) is 0 Å². The lowest BCUT2D eigenvalue weighted by atomic mass is 9.72. The number of rotatable bonds is 4. The summed E-state index contributed by atoms with van der Waals surface area (Å²) in [4.78, 5) is 19.2. The van der Waals surface area contributed by atoms with Crippen molar-refractivity contribution in [1.29, 1.82) is 0 Å². The van der Waals surface area contributed by atoms with Gasteiger partial charge in [-0.1, -0.05) is 32.4 Å². The van der Waals surface area contributed by atoms with Gasteiger partial charge in [0, 0.05) is 15.6 Å². The van der Waals surface area contributed by atoms with E-state index >= 15 is 0 Å². The summed E-state index contributed by atoms with van der Waals surface area (Å²) in [5.74, 6) is 1.08. The van der Waals surface area contributed by atoms with Crippen LogP contribution in [0.25, 0.3) is 0 Å². The molecule has 1 atom stereocenters. The van der Waals surface area contributed by atoms with Crippen molar-refractivity contribution in [3.63, 3.8) is 0 Å². The Morgan fingerprint density at radius 1 is 1.26 bits per heavy atom. The minimum Gasteiger partial charge on any atom is -0.448 e.